The zero-order chi connectivity index (χ0) is 9.10. The highest BCUT2D eigenvalue weighted by Crippen LogP contribution is 2.28. The molecule has 0 spiro atoms. The number of nitrogens with one attached hydrogen (secondary N) is 2. The van der Waals surface area contributed by atoms with E-state index in [4.69, 9.17) is 0 Å². The van der Waals surface area contributed by atoms with E-state index in [0.717, 1.165) is 30.4 Å². The fourth-order valence-electron chi connectivity index (χ4n) is 1.34. The highest BCUT2D eigenvalue weighted by molar-refractivity contribution is 7.99. The molecule has 3 nitrogen and oxygen atoms in total. The molecule has 2 rings (SSSR count). The lowest BCUT2D eigenvalue weighted by Gasteiger charge is -2.16. The molecule has 1 aromatic rings. The quantitative estimate of drug-likeness (QED) is 0.746. The topological polar surface area (TPSA) is 37.0 Å². The van der Waals surface area contributed by atoms with Crippen LogP contribution in [0.3, 0.4) is 0 Å². The molecule has 0 radical (unpaired) electrons. The van der Waals surface area contributed by atoms with Gasteiger partial charge in [-0.3, -0.25) is 0 Å². The van der Waals surface area contributed by atoms with Gasteiger partial charge in [-0.1, -0.05) is 0 Å². The first-order chi connectivity index (χ1) is 6.40. The Bertz CT molecular complexity index is 301. The molecule has 0 bridgehead atoms. The van der Waals surface area contributed by atoms with E-state index in [0.29, 0.717) is 0 Å². The lowest BCUT2D eigenvalue weighted by atomic mass is 10.3. The molecule has 1 aliphatic heterocycles. The van der Waals surface area contributed by atoms with Crippen LogP contribution in [0.5, 0.6) is 0 Å². The summed E-state index contributed by atoms with van der Waals surface area (Å²) in [4.78, 5) is 5.78. The summed E-state index contributed by atoms with van der Waals surface area (Å²) in [5, 5.41) is 6.40. The minimum atomic E-state index is 0.833. The second kappa shape index (κ2) is 3.98. The fraction of sp³-hybridized carbons (Fsp3) is 0.444. The maximum atomic E-state index is 4.51. The van der Waals surface area contributed by atoms with Gasteiger partial charge in [0.15, 0.2) is 0 Å². The van der Waals surface area contributed by atoms with E-state index in [-0.39, 0.29) is 0 Å². The van der Waals surface area contributed by atoms with E-state index in [2.05, 4.69) is 27.8 Å². The molecule has 4 heteroatoms. The first kappa shape index (κ1) is 8.84. The van der Waals surface area contributed by atoms with E-state index in [1.54, 1.807) is 0 Å². The van der Waals surface area contributed by atoms with Crippen molar-refractivity contribution < 1.29 is 0 Å². The molecule has 0 unspecified atom stereocenters. The van der Waals surface area contributed by atoms with Gasteiger partial charge in [-0.2, -0.15) is 0 Å². The Hall–Kier alpha value is -0.740. The SMILES string of the molecule is CNCc1ccc2c(n1)NCCS2. The predicted molar refractivity (Wildman–Crippen MR) is 56.2 cm³/mol. The van der Waals surface area contributed by atoms with Crippen molar-refractivity contribution in [3.8, 4) is 0 Å². The van der Waals surface area contributed by atoms with Crippen LogP contribution in [0.1, 0.15) is 5.69 Å². The summed E-state index contributed by atoms with van der Waals surface area (Å²) in [5.74, 6) is 2.18. The second-order valence-electron chi connectivity index (χ2n) is 2.95. The van der Waals surface area contributed by atoms with Crippen LogP contribution in [0.15, 0.2) is 17.0 Å². The Balaban J connectivity index is 2.24. The highest BCUT2D eigenvalue weighted by atomic mass is 32.2. The lowest BCUT2D eigenvalue weighted by molar-refractivity contribution is 0.788. The molecule has 2 N–H and O–H groups in total. The van der Waals surface area contributed by atoms with Crippen molar-refractivity contribution in [3.63, 3.8) is 0 Å². The highest BCUT2D eigenvalue weighted by Gasteiger charge is 2.09. The normalized spacial score (nSPS) is 14.8. The van der Waals surface area contributed by atoms with Gasteiger partial charge in [-0.25, -0.2) is 4.98 Å². The maximum absolute atomic E-state index is 4.51. The smallest absolute Gasteiger partial charge is 0.140 e. The van der Waals surface area contributed by atoms with Crippen LogP contribution in [-0.4, -0.2) is 24.3 Å². The third-order valence-corrected chi connectivity index (χ3v) is 2.97. The molecule has 0 saturated heterocycles. The van der Waals surface area contributed by atoms with Gasteiger partial charge in [0.05, 0.1) is 5.69 Å². The third-order valence-electron chi connectivity index (χ3n) is 1.93. The van der Waals surface area contributed by atoms with Crippen molar-refractivity contribution in [2.45, 2.75) is 11.4 Å². The van der Waals surface area contributed by atoms with E-state index >= 15 is 0 Å². The number of hydrogen-bond acceptors (Lipinski definition) is 4. The molecular formula is C9H13N3S. The standard InChI is InChI=1S/C9H13N3S/c1-10-6-7-2-3-8-9(12-7)11-4-5-13-8/h2-3,10H,4-6H2,1H3,(H,11,12). The van der Waals surface area contributed by atoms with E-state index < -0.39 is 0 Å². The number of hydrogen-bond donors (Lipinski definition) is 2. The van der Waals surface area contributed by atoms with Gasteiger partial charge in [0.1, 0.15) is 5.82 Å². The number of thioether (sulfide) groups is 1. The van der Waals surface area contributed by atoms with E-state index in [9.17, 15) is 0 Å². The van der Waals surface area contributed by atoms with Gasteiger partial charge in [-0.05, 0) is 19.2 Å². The Morgan fingerprint density at radius 3 is 3.38 bits per heavy atom. The number of fused-ring (bicyclic) bond motifs is 1. The van der Waals surface area contributed by atoms with Gasteiger partial charge in [0.2, 0.25) is 0 Å². The zero-order valence-electron chi connectivity index (χ0n) is 7.63. The lowest BCUT2D eigenvalue weighted by Crippen LogP contribution is -2.14. The van der Waals surface area contributed by atoms with Crippen molar-refractivity contribution in [1.82, 2.24) is 10.3 Å². The third kappa shape index (κ3) is 1.95. The fourth-order valence-corrected chi connectivity index (χ4v) is 2.18. The van der Waals surface area contributed by atoms with Gasteiger partial charge >= 0.3 is 0 Å². The van der Waals surface area contributed by atoms with Gasteiger partial charge < -0.3 is 10.6 Å². The van der Waals surface area contributed by atoms with Gasteiger partial charge in [0, 0.05) is 23.7 Å². The largest absolute Gasteiger partial charge is 0.368 e. The minimum absolute atomic E-state index is 0.833. The number of pyridine rings is 1. The van der Waals surface area contributed by atoms with Crippen LogP contribution in [0.25, 0.3) is 0 Å². The summed E-state index contributed by atoms with van der Waals surface area (Å²) >= 11 is 1.87. The van der Waals surface area contributed by atoms with Crippen LogP contribution in [0, 0.1) is 0 Å². The summed E-state index contributed by atoms with van der Waals surface area (Å²) in [6.45, 7) is 1.85. The Kier molecular flexibility index (Phi) is 2.71. The van der Waals surface area contributed by atoms with Crippen molar-refractivity contribution in [3.05, 3.63) is 17.8 Å². The van der Waals surface area contributed by atoms with E-state index in [1.807, 2.05) is 18.8 Å². The first-order valence-corrected chi connectivity index (χ1v) is 5.40. The molecule has 0 aromatic carbocycles. The van der Waals surface area contributed by atoms with Crippen LogP contribution in [-0.2, 0) is 6.54 Å². The monoisotopic (exact) mass is 195 g/mol. The summed E-state index contributed by atoms with van der Waals surface area (Å²) in [6.07, 6.45) is 0. The molecular weight excluding hydrogens is 182 g/mol. The molecule has 1 aliphatic rings. The Morgan fingerprint density at radius 2 is 2.54 bits per heavy atom. The molecule has 0 atom stereocenters. The molecule has 0 amide bonds. The average molecular weight is 195 g/mol. The van der Waals surface area contributed by atoms with Crippen molar-refractivity contribution in [1.29, 1.82) is 0 Å². The predicted octanol–water partition coefficient (Wildman–Crippen LogP) is 1.32. The molecule has 13 heavy (non-hydrogen) atoms. The second-order valence-corrected chi connectivity index (χ2v) is 4.09. The number of rotatable bonds is 2. The number of aromatic nitrogens is 1. The molecule has 1 aromatic heterocycles. The zero-order valence-corrected chi connectivity index (χ0v) is 8.45. The van der Waals surface area contributed by atoms with Crippen LogP contribution >= 0.6 is 11.8 Å². The van der Waals surface area contributed by atoms with Crippen molar-refractivity contribution in [2.75, 3.05) is 24.7 Å². The van der Waals surface area contributed by atoms with E-state index in [1.165, 1.54) is 4.90 Å². The molecule has 0 fully saturated rings. The summed E-state index contributed by atoms with van der Waals surface area (Å²) in [6, 6.07) is 4.22. The summed E-state index contributed by atoms with van der Waals surface area (Å²) in [7, 11) is 1.93. The number of anilines is 1. The van der Waals surface area contributed by atoms with Crippen LogP contribution < -0.4 is 10.6 Å². The van der Waals surface area contributed by atoms with Gasteiger partial charge in [0.25, 0.3) is 0 Å². The Morgan fingerprint density at radius 1 is 1.62 bits per heavy atom. The van der Waals surface area contributed by atoms with Gasteiger partial charge in [-0.15, -0.1) is 11.8 Å². The van der Waals surface area contributed by atoms with Crippen LogP contribution in [0.4, 0.5) is 5.82 Å². The molecule has 2 heterocycles. The number of nitrogens with zero attached hydrogens (tertiary/aromatic N) is 1. The van der Waals surface area contributed by atoms with Crippen molar-refractivity contribution in [2.24, 2.45) is 0 Å². The Labute approximate surface area is 82.3 Å². The first-order valence-electron chi connectivity index (χ1n) is 4.41. The molecule has 70 valence electrons. The molecule has 0 saturated carbocycles. The maximum Gasteiger partial charge on any atom is 0.140 e. The average Bonchev–Trinajstić information content (AvgIpc) is 2.18. The summed E-state index contributed by atoms with van der Waals surface area (Å²) < 4.78 is 0. The summed E-state index contributed by atoms with van der Waals surface area (Å²) in [5.41, 5.74) is 1.09. The van der Waals surface area contributed by atoms with Crippen LogP contribution in [0.2, 0.25) is 0 Å². The van der Waals surface area contributed by atoms with Crippen molar-refractivity contribution >= 4 is 17.6 Å². The molecule has 0 aliphatic carbocycles. The minimum Gasteiger partial charge on any atom is -0.368 e.